The summed E-state index contributed by atoms with van der Waals surface area (Å²) in [6, 6.07) is 7.94. The third-order valence-electron chi connectivity index (χ3n) is 3.54. The highest BCUT2D eigenvalue weighted by atomic mass is 35.5. The SMILES string of the molecule is CCOC(=O)N1CCCC[C@H](c2ccc(Cl)cc2)C1. The highest BCUT2D eigenvalue weighted by Crippen LogP contribution is 2.27. The lowest BCUT2D eigenvalue weighted by molar-refractivity contribution is 0.107. The molecule has 1 aliphatic rings. The Hall–Kier alpha value is -1.22. The van der Waals surface area contributed by atoms with Gasteiger partial charge in [0.05, 0.1) is 6.61 Å². The van der Waals surface area contributed by atoms with Crippen LogP contribution in [0.1, 0.15) is 37.7 Å². The van der Waals surface area contributed by atoms with Gasteiger partial charge >= 0.3 is 6.09 Å². The van der Waals surface area contributed by atoms with Gasteiger partial charge in [-0.25, -0.2) is 4.79 Å². The number of carbonyl (C=O) groups excluding carboxylic acids is 1. The molecule has 1 saturated heterocycles. The summed E-state index contributed by atoms with van der Waals surface area (Å²) in [5, 5.41) is 0.750. The smallest absolute Gasteiger partial charge is 0.409 e. The van der Waals surface area contributed by atoms with Gasteiger partial charge in [0.25, 0.3) is 0 Å². The van der Waals surface area contributed by atoms with Crippen molar-refractivity contribution in [1.29, 1.82) is 0 Å². The maximum absolute atomic E-state index is 11.9. The van der Waals surface area contributed by atoms with Gasteiger partial charge in [-0.05, 0) is 37.5 Å². The first-order valence-corrected chi connectivity index (χ1v) is 7.25. The summed E-state index contributed by atoms with van der Waals surface area (Å²) in [7, 11) is 0. The van der Waals surface area contributed by atoms with Crippen molar-refractivity contribution in [3.63, 3.8) is 0 Å². The lowest BCUT2D eigenvalue weighted by Gasteiger charge is -2.24. The molecule has 0 aromatic heterocycles. The number of ether oxygens (including phenoxy) is 1. The molecule has 1 heterocycles. The maximum Gasteiger partial charge on any atom is 0.409 e. The third-order valence-corrected chi connectivity index (χ3v) is 3.79. The number of hydrogen-bond donors (Lipinski definition) is 0. The first-order chi connectivity index (χ1) is 9.20. The van der Waals surface area contributed by atoms with E-state index >= 15 is 0 Å². The van der Waals surface area contributed by atoms with Crippen LogP contribution >= 0.6 is 11.6 Å². The normalized spacial score (nSPS) is 19.9. The quantitative estimate of drug-likeness (QED) is 0.818. The van der Waals surface area contributed by atoms with Crippen molar-refractivity contribution >= 4 is 17.7 Å². The Balaban J connectivity index is 2.07. The van der Waals surface area contributed by atoms with Crippen LogP contribution in [0.3, 0.4) is 0 Å². The molecule has 104 valence electrons. The molecule has 1 aromatic carbocycles. The molecule has 0 unspecified atom stereocenters. The first kappa shape index (κ1) is 14.2. The fourth-order valence-corrected chi connectivity index (χ4v) is 2.66. The number of likely N-dealkylation sites (tertiary alicyclic amines) is 1. The average Bonchev–Trinajstić information content (AvgIpc) is 2.66. The molecule has 1 aromatic rings. The molecule has 0 radical (unpaired) electrons. The summed E-state index contributed by atoms with van der Waals surface area (Å²) >= 11 is 5.92. The van der Waals surface area contributed by atoms with Crippen molar-refractivity contribution in [2.24, 2.45) is 0 Å². The Bertz CT molecular complexity index is 419. The number of benzene rings is 1. The number of hydrogen-bond acceptors (Lipinski definition) is 2. The summed E-state index contributed by atoms with van der Waals surface area (Å²) in [5.41, 5.74) is 1.25. The number of carbonyl (C=O) groups is 1. The fraction of sp³-hybridized carbons (Fsp3) is 0.533. The maximum atomic E-state index is 11.9. The second kappa shape index (κ2) is 6.80. The molecule has 4 heteroatoms. The van der Waals surface area contributed by atoms with Gasteiger partial charge in [-0.3, -0.25) is 0 Å². The lowest BCUT2D eigenvalue weighted by atomic mass is 9.94. The molecule has 0 bridgehead atoms. The Morgan fingerprint density at radius 3 is 2.79 bits per heavy atom. The number of nitrogens with zero attached hydrogens (tertiary/aromatic N) is 1. The Morgan fingerprint density at radius 1 is 1.37 bits per heavy atom. The van der Waals surface area contributed by atoms with E-state index in [1.807, 2.05) is 24.0 Å². The van der Waals surface area contributed by atoms with Crippen molar-refractivity contribution in [2.75, 3.05) is 19.7 Å². The summed E-state index contributed by atoms with van der Waals surface area (Å²) in [5.74, 6) is 0.379. The number of rotatable bonds is 2. The van der Waals surface area contributed by atoms with Crippen molar-refractivity contribution in [1.82, 2.24) is 4.90 Å². The van der Waals surface area contributed by atoms with E-state index in [0.717, 1.165) is 37.4 Å². The van der Waals surface area contributed by atoms with Crippen LogP contribution < -0.4 is 0 Å². The van der Waals surface area contributed by atoms with Crippen LogP contribution in [0.2, 0.25) is 5.02 Å². The van der Waals surface area contributed by atoms with E-state index < -0.39 is 0 Å². The van der Waals surface area contributed by atoms with Crippen LogP contribution in [0.15, 0.2) is 24.3 Å². The van der Waals surface area contributed by atoms with E-state index in [4.69, 9.17) is 16.3 Å². The van der Waals surface area contributed by atoms with Crippen molar-refractivity contribution in [3.8, 4) is 0 Å². The molecule has 0 saturated carbocycles. The van der Waals surface area contributed by atoms with E-state index in [1.54, 1.807) is 0 Å². The zero-order chi connectivity index (χ0) is 13.7. The van der Waals surface area contributed by atoms with Gasteiger partial charge in [0.2, 0.25) is 0 Å². The molecule has 0 aliphatic carbocycles. The predicted octanol–water partition coefficient (Wildman–Crippen LogP) is 4.07. The van der Waals surface area contributed by atoms with Gasteiger partial charge in [0.15, 0.2) is 0 Å². The number of halogens is 1. The van der Waals surface area contributed by atoms with Crippen molar-refractivity contribution in [2.45, 2.75) is 32.1 Å². The highest BCUT2D eigenvalue weighted by Gasteiger charge is 2.23. The van der Waals surface area contributed by atoms with Gasteiger partial charge in [0.1, 0.15) is 0 Å². The minimum atomic E-state index is -0.191. The summed E-state index contributed by atoms with van der Waals surface area (Å²) in [6.45, 7) is 3.80. The van der Waals surface area contributed by atoms with Crippen LogP contribution in [0.25, 0.3) is 0 Å². The topological polar surface area (TPSA) is 29.5 Å². The molecule has 1 amide bonds. The molecule has 1 atom stereocenters. The standard InChI is InChI=1S/C15H20ClNO2/c1-2-19-15(18)17-10-4-3-5-13(11-17)12-6-8-14(16)9-7-12/h6-9,13H,2-5,10-11H2,1H3/t13-/m0/s1. The Kier molecular flexibility index (Phi) is 5.08. The highest BCUT2D eigenvalue weighted by molar-refractivity contribution is 6.30. The molecule has 19 heavy (non-hydrogen) atoms. The van der Waals surface area contributed by atoms with E-state index in [0.29, 0.717) is 12.5 Å². The second-order valence-electron chi connectivity index (χ2n) is 4.89. The zero-order valence-corrected chi connectivity index (χ0v) is 12.0. The van der Waals surface area contributed by atoms with Crippen LogP contribution in [-0.2, 0) is 4.74 Å². The van der Waals surface area contributed by atoms with Crippen molar-refractivity contribution < 1.29 is 9.53 Å². The Morgan fingerprint density at radius 2 is 2.11 bits per heavy atom. The average molecular weight is 282 g/mol. The first-order valence-electron chi connectivity index (χ1n) is 6.88. The minimum Gasteiger partial charge on any atom is -0.450 e. The molecule has 3 nitrogen and oxygen atoms in total. The summed E-state index contributed by atoms with van der Waals surface area (Å²) < 4.78 is 5.11. The predicted molar refractivity (Wildman–Crippen MR) is 76.6 cm³/mol. The van der Waals surface area contributed by atoms with Gasteiger partial charge in [-0.2, -0.15) is 0 Å². The van der Waals surface area contributed by atoms with Crippen LogP contribution in [-0.4, -0.2) is 30.7 Å². The molecular weight excluding hydrogens is 262 g/mol. The van der Waals surface area contributed by atoms with Gasteiger partial charge in [-0.15, -0.1) is 0 Å². The fourth-order valence-electron chi connectivity index (χ4n) is 2.53. The third kappa shape index (κ3) is 3.87. The summed E-state index contributed by atoms with van der Waals surface area (Å²) in [6.07, 6.45) is 3.10. The zero-order valence-electron chi connectivity index (χ0n) is 11.3. The van der Waals surface area contributed by atoms with Gasteiger partial charge in [0, 0.05) is 24.0 Å². The minimum absolute atomic E-state index is 0.191. The van der Waals surface area contributed by atoms with Crippen LogP contribution in [0, 0.1) is 0 Å². The van der Waals surface area contributed by atoms with Gasteiger partial charge < -0.3 is 9.64 Å². The molecule has 1 aliphatic heterocycles. The van der Waals surface area contributed by atoms with Crippen LogP contribution in [0.4, 0.5) is 4.79 Å². The largest absolute Gasteiger partial charge is 0.450 e. The molecule has 0 spiro atoms. The van der Waals surface area contributed by atoms with E-state index in [2.05, 4.69) is 12.1 Å². The van der Waals surface area contributed by atoms with E-state index in [-0.39, 0.29) is 6.09 Å². The lowest BCUT2D eigenvalue weighted by Crippen LogP contribution is -2.34. The molecular formula is C15H20ClNO2. The molecule has 0 N–H and O–H groups in total. The van der Waals surface area contributed by atoms with E-state index in [9.17, 15) is 4.79 Å². The van der Waals surface area contributed by atoms with Crippen molar-refractivity contribution in [3.05, 3.63) is 34.9 Å². The molecule has 2 rings (SSSR count). The van der Waals surface area contributed by atoms with Crippen LogP contribution in [0.5, 0.6) is 0 Å². The molecule has 1 fully saturated rings. The number of amides is 1. The Labute approximate surface area is 119 Å². The monoisotopic (exact) mass is 281 g/mol. The van der Waals surface area contributed by atoms with Gasteiger partial charge in [-0.1, -0.05) is 30.2 Å². The summed E-state index contributed by atoms with van der Waals surface area (Å²) in [4.78, 5) is 13.7. The second-order valence-corrected chi connectivity index (χ2v) is 5.33. The van der Waals surface area contributed by atoms with E-state index in [1.165, 1.54) is 5.56 Å².